The van der Waals surface area contributed by atoms with Gasteiger partial charge in [0.2, 0.25) is 0 Å². The molecule has 3 aromatic rings. The summed E-state index contributed by atoms with van der Waals surface area (Å²) in [4.78, 5) is 0. The van der Waals surface area contributed by atoms with E-state index < -0.39 is 0 Å². The van der Waals surface area contributed by atoms with Crippen molar-refractivity contribution in [3.63, 3.8) is 0 Å². The Hall–Kier alpha value is -2.62. The first-order chi connectivity index (χ1) is 14.5. The number of benzene rings is 2. The SMILES string of the molecule is COc1cc(/C=N\n2cnnc2)cc(I)c1OCCOc1cc(C)ccc1C(C)C. The van der Waals surface area contributed by atoms with Gasteiger partial charge in [-0.2, -0.15) is 5.10 Å². The van der Waals surface area contributed by atoms with Crippen LogP contribution in [0.25, 0.3) is 0 Å². The normalized spacial score (nSPS) is 11.3. The Kier molecular flexibility index (Phi) is 7.67. The number of aryl methyl sites for hydroxylation is 1. The van der Waals surface area contributed by atoms with Gasteiger partial charge in [-0.25, -0.2) is 4.68 Å². The second kappa shape index (κ2) is 10.4. The molecule has 0 aliphatic rings. The molecule has 3 rings (SSSR count). The zero-order valence-electron chi connectivity index (χ0n) is 17.5. The van der Waals surface area contributed by atoms with E-state index in [1.165, 1.54) is 28.5 Å². The monoisotopic (exact) mass is 520 g/mol. The summed E-state index contributed by atoms with van der Waals surface area (Å²) in [6.07, 6.45) is 4.76. The highest BCUT2D eigenvalue weighted by molar-refractivity contribution is 14.1. The molecule has 0 N–H and O–H groups in total. The summed E-state index contributed by atoms with van der Waals surface area (Å²) in [5.41, 5.74) is 3.26. The molecule has 0 atom stereocenters. The van der Waals surface area contributed by atoms with Crippen LogP contribution in [0.5, 0.6) is 17.2 Å². The Balaban J connectivity index is 1.65. The van der Waals surface area contributed by atoms with Gasteiger partial charge in [0.15, 0.2) is 11.5 Å². The van der Waals surface area contributed by atoms with Gasteiger partial charge in [0.1, 0.15) is 31.6 Å². The number of halogens is 1. The standard InChI is InChI=1S/C22H25IN4O3/c1-15(2)18-6-5-16(3)9-20(18)29-7-8-30-22-19(23)10-17(11-21(22)28-4)12-26-27-13-24-25-14-27/h5-6,9-15H,7-8H2,1-4H3/b26-12-. The van der Waals surface area contributed by atoms with Gasteiger partial charge in [0.25, 0.3) is 0 Å². The lowest BCUT2D eigenvalue weighted by Crippen LogP contribution is -2.11. The van der Waals surface area contributed by atoms with Gasteiger partial charge in [-0.3, -0.25) is 0 Å². The Morgan fingerprint density at radius 3 is 2.50 bits per heavy atom. The molecule has 0 amide bonds. The van der Waals surface area contributed by atoms with Crippen LogP contribution in [0.2, 0.25) is 0 Å². The maximum absolute atomic E-state index is 6.01. The third-order valence-electron chi connectivity index (χ3n) is 4.38. The van der Waals surface area contributed by atoms with Crippen molar-refractivity contribution >= 4 is 28.8 Å². The first kappa shape index (κ1) is 22.1. The number of methoxy groups -OCH3 is 1. The summed E-state index contributed by atoms with van der Waals surface area (Å²) in [5.74, 6) is 2.65. The summed E-state index contributed by atoms with van der Waals surface area (Å²) in [6.45, 7) is 7.24. The molecule has 0 saturated heterocycles. The molecule has 0 fully saturated rings. The zero-order chi connectivity index (χ0) is 21.5. The van der Waals surface area contributed by atoms with Crippen LogP contribution in [0.4, 0.5) is 0 Å². The van der Waals surface area contributed by atoms with E-state index in [9.17, 15) is 0 Å². The summed E-state index contributed by atoms with van der Waals surface area (Å²) < 4.78 is 20.0. The van der Waals surface area contributed by atoms with Gasteiger partial charge in [-0.05, 0) is 70.3 Å². The summed E-state index contributed by atoms with van der Waals surface area (Å²) in [6, 6.07) is 10.2. The summed E-state index contributed by atoms with van der Waals surface area (Å²) >= 11 is 2.23. The number of hydrogen-bond donors (Lipinski definition) is 0. The first-order valence-electron chi connectivity index (χ1n) is 9.60. The third kappa shape index (κ3) is 5.71. The molecular formula is C22H25IN4O3. The van der Waals surface area contributed by atoms with Gasteiger partial charge in [-0.15, -0.1) is 10.2 Å². The zero-order valence-corrected chi connectivity index (χ0v) is 19.7. The van der Waals surface area contributed by atoms with Crippen LogP contribution in [-0.4, -0.2) is 41.4 Å². The van der Waals surface area contributed by atoms with Crippen molar-refractivity contribution in [1.29, 1.82) is 0 Å². The van der Waals surface area contributed by atoms with Crippen molar-refractivity contribution in [2.24, 2.45) is 5.10 Å². The van der Waals surface area contributed by atoms with Crippen molar-refractivity contribution in [2.45, 2.75) is 26.7 Å². The summed E-state index contributed by atoms with van der Waals surface area (Å²) in [7, 11) is 1.62. The predicted molar refractivity (Wildman–Crippen MR) is 125 cm³/mol. The molecule has 0 aliphatic carbocycles. The molecule has 8 heteroatoms. The third-order valence-corrected chi connectivity index (χ3v) is 5.18. The molecule has 1 aromatic heterocycles. The van der Waals surface area contributed by atoms with Gasteiger partial charge in [0, 0.05) is 0 Å². The predicted octanol–water partition coefficient (Wildman–Crippen LogP) is 4.66. The number of nitrogens with zero attached hydrogens (tertiary/aromatic N) is 4. The second-order valence-electron chi connectivity index (χ2n) is 7.01. The molecule has 2 aromatic carbocycles. The Labute approximate surface area is 190 Å². The highest BCUT2D eigenvalue weighted by atomic mass is 127. The fourth-order valence-corrected chi connectivity index (χ4v) is 3.66. The van der Waals surface area contributed by atoms with E-state index in [-0.39, 0.29) is 0 Å². The van der Waals surface area contributed by atoms with E-state index >= 15 is 0 Å². The van der Waals surface area contributed by atoms with Crippen molar-refractivity contribution in [3.8, 4) is 17.2 Å². The topological polar surface area (TPSA) is 70.8 Å². The lowest BCUT2D eigenvalue weighted by Gasteiger charge is -2.16. The molecule has 7 nitrogen and oxygen atoms in total. The van der Waals surface area contributed by atoms with E-state index in [1.54, 1.807) is 13.3 Å². The molecule has 0 unspecified atom stereocenters. The minimum atomic E-state index is 0.398. The van der Waals surface area contributed by atoms with Gasteiger partial charge in [-0.1, -0.05) is 26.0 Å². The fraction of sp³-hybridized carbons (Fsp3) is 0.318. The van der Waals surface area contributed by atoms with Gasteiger partial charge < -0.3 is 14.2 Å². The number of hydrogen-bond acceptors (Lipinski definition) is 6. The highest BCUT2D eigenvalue weighted by Gasteiger charge is 2.12. The average Bonchev–Trinajstić information content (AvgIpc) is 3.24. The average molecular weight is 520 g/mol. The largest absolute Gasteiger partial charge is 0.493 e. The maximum atomic E-state index is 6.01. The Bertz CT molecular complexity index is 1000. The van der Waals surface area contributed by atoms with Crippen LogP contribution in [0.1, 0.15) is 36.5 Å². The van der Waals surface area contributed by atoms with Crippen molar-refractivity contribution in [3.05, 3.63) is 63.2 Å². The Morgan fingerprint density at radius 2 is 1.80 bits per heavy atom. The van der Waals surface area contributed by atoms with Gasteiger partial charge in [0.05, 0.1) is 16.9 Å². The number of ether oxygens (including phenoxy) is 3. The molecule has 0 radical (unpaired) electrons. The lowest BCUT2D eigenvalue weighted by molar-refractivity contribution is 0.209. The highest BCUT2D eigenvalue weighted by Crippen LogP contribution is 2.34. The molecule has 1 heterocycles. The van der Waals surface area contributed by atoms with Crippen molar-refractivity contribution in [1.82, 2.24) is 14.9 Å². The number of aromatic nitrogens is 3. The van der Waals surface area contributed by atoms with E-state index in [1.807, 2.05) is 12.1 Å². The van der Waals surface area contributed by atoms with Crippen molar-refractivity contribution < 1.29 is 14.2 Å². The van der Waals surface area contributed by atoms with Gasteiger partial charge >= 0.3 is 0 Å². The second-order valence-corrected chi connectivity index (χ2v) is 8.18. The lowest BCUT2D eigenvalue weighted by atomic mass is 10.0. The van der Waals surface area contributed by atoms with E-state index in [4.69, 9.17) is 14.2 Å². The fourth-order valence-electron chi connectivity index (χ4n) is 2.88. The maximum Gasteiger partial charge on any atom is 0.174 e. The van der Waals surface area contributed by atoms with E-state index in [2.05, 4.69) is 76.9 Å². The minimum absolute atomic E-state index is 0.398. The van der Waals surface area contributed by atoms with Crippen LogP contribution >= 0.6 is 22.6 Å². The Morgan fingerprint density at radius 1 is 1.07 bits per heavy atom. The van der Waals surface area contributed by atoms with Crippen molar-refractivity contribution in [2.75, 3.05) is 20.3 Å². The first-order valence-corrected chi connectivity index (χ1v) is 10.7. The van der Waals surface area contributed by atoms with E-state index in [0.29, 0.717) is 30.6 Å². The molecule has 158 valence electrons. The molecule has 0 bridgehead atoms. The smallest absolute Gasteiger partial charge is 0.174 e. The molecule has 0 aliphatic heterocycles. The van der Waals surface area contributed by atoms with Crippen LogP contribution in [0.3, 0.4) is 0 Å². The number of rotatable bonds is 9. The quantitative estimate of drug-likeness (QED) is 0.233. The van der Waals surface area contributed by atoms with Crippen LogP contribution in [-0.2, 0) is 0 Å². The van der Waals surface area contributed by atoms with Crippen LogP contribution in [0.15, 0.2) is 48.1 Å². The minimum Gasteiger partial charge on any atom is -0.493 e. The molecule has 30 heavy (non-hydrogen) atoms. The van der Waals surface area contributed by atoms with Crippen LogP contribution < -0.4 is 14.2 Å². The molecule has 0 saturated carbocycles. The summed E-state index contributed by atoms with van der Waals surface area (Å²) in [5, 5.41) is 11.7. The molecular weight excluding hydrogens is 495 g/mol. The molecule has 0 spiro atoms. The van der Waals surface area contributed by atoms with Crippen LogP contribution in [0, 0.1) is 10.5 Å². The van der Waals surface area contributed by atoms with E-state index in [0.717, 1.165) is 14.9 Å².